The molecule has 23 heavy (non-hydrogen) atoms. The summed E-state index contributed by atoms with van der Waals surface area (Å²) < 4.78 is 0. The highest BCUT2D eigenvalue weighted by Crippen LogP contribution is 2.33. The molecule has 0 saturated heterocycles. The van der Waals surface area contributed by atoms with Crippen molar-refractivity contribution in [2.24, 2.45) is 0 Å². The Kier molecular flexibility index (Phi) is 7.40. The zero-order valence-corrected chi connectivity index (χ0v) is 15.2. The summed E-state index contributed by atoms with van der Waals surface area (Å²) in [6.45, 7) is 7.82. The van der Waals surface area contributed by atoms with Crippen LogP contribution in [0.1, 0.15) is 30.5 Å². The molecule has 5 heteroatoms. The van der Waals surface area contributed by atoms with Gasteiger partial charge < -0.3 is 10.4 Å². The lowest BCUT2D eigenvalue weighted by atomic mass is 10.1. The summed E-state index contributed by atoms with van der Waals surface area (Å²) in [5, 5.41) is 13.3. The molecule has 0 amide bonds. The Labute approximate surface area is 147 Å². The maximum absolute atomic E-state index is 11.0. The van der Waals surface area contributed by atoms with Crippen molar-refractivity contribution >= 4 is 40.5 Å². The summed E-state index contributed by atoms with van der Waals surface area (Å²) >= 11 is 12.2. The van der Waals surface area contributed by atoms with Crippen molar-refractivity contribution in [1.29, 1.82) is 0 Å². The molecule has 3 nitrogen and oxygen atoms in total. The standard InChI is InChI=1S/C16H15Cl2NO2.C2H6/c1-9-3-4-14(11(5-9)7-15(20)21)19-16-10(2)6-12(17)8-13(16)18;1-2/h3-6,8,19H,7H2,1-2H3,(H,20,21);1-2H3. The Morgan fingerprint density at radius 3 is 2.35 bits per heavy atom. The molecule has 0 aromatic heterocycles. The lowest BCUT2D eigenvalue weighted by Crippen LogP contribution is -2.05. The number of rotatable bonds is 4. The van der Waals surface area contributed by atoms with E-state index in [-0.39, 0.29) is 6.42 Å². The van der Waals surface area contributed by atoms with Crippen LogP contribution in [0.5, 0.6) is 0 Å². The molecule has 0 aliphatic carbocycles. The van der Waals surface area contributed by atoms with Crippen molar-refractivity contribution in [2.75, 3.05) is 5.32 Å². The molecule has 0 bridgehead atoms. The van der Waals surface area contributed by atoms with Crippen molar-refractivity contribution in [3.05, 3.63) is 57.1 Å². The van der Waals surface area contributed by atoms with Gasteiger partial charge in [-0.3, -0.25) is 4.79 Å². The first-order chi connectivity index (χ1) is 10.9. The molecule has 2 aromatic carbocycles. The van der Waals surface area contributed by atoms with E-state index in [2.05, 4.69) is 5.32 Å². The number of hydrogen-bond acceptors (Lipinski definition) is 2. The third-order valence-corrected chi connectivity index (χ3v) is 3.63. The van der Waals surface area contributed by atoms with E-state index in [4.69, 9.17) is 28.3 Å². The minimum Gasteiger partial charge on any atom is -0.481 e. The highest BCUT2D eigenvalue weighted by molar-refractivity contribution is 6.36. The van der Waals surface area contributed by atoms with E-state index in [1.807, 2.05) is 45.9 Å². The van der Waals surface area contributed by atoms with Gasteiger partial charge in [0.1, 0.15) is 0 Å². The van der Waals surface area contributed by atoms with E-state index < -0.39 is 5.97 Å². The lowest BCUT2D eigenvalue weighted by Gasteiger charge is -2.15. The Morgan fingerprint density at radius 2 is 1.78 bits per heavy atom. The van der Waals surface area contributed by atoms with E-state index in [0.717, 1.165) is 22.5 Å². The van der Waals surface area contributed by atoms with Gasteiger partial charge in [0.25, 0.3) is 0 Å². The monoisotopic (exact) mass is 353 g/mol. The van der Waals surface area contributed by atoms with E-state index in [1.165, 1.54) is 0 Å². The third kappa shape index (κ3) is 5.45. The highest BCUT2D eigenvalue weighted by Gasteiger charge is 2.11. The van der Waals surface area contributed by atoms with Crippen LogP contribution in [0, 0.1) is 13.8 Å². The predicted octanol–water partition coefficient (Wildman–Crippen LogP) is 6.01. The fourth-order valence-corrected chi connectivity index (χ4v) is 2.79. The fourth-order valence-electron chi connectivity index (χ4n) is 2.15. The van der Waals surface area contributed by atoms with Crippen molar-refractivity contribution in [2.45, 2.75) is 34.1 Å². The minimum atomic E-state index is -0.873. The van der Waals surface area contributed by atoms with Gasteiger partial charge in [0, 0.05) is 10.7 Å². The topological polar surface area (TPSA) is 49.3 Å². The number of nitrogens with one attached hydrogen (secondary N) is 1. The van der Waals surface area contributed by atoms with Gasteiger partial charge in [-0.05, 0) is 43.2 Å². The molecule has 0 aliphatic rings. The van der Waals surface area contributed by atoms with Crippen LogP contribution in [-0.2, 0) is 11.2 Å². The molecule has 0 radical (unpaired) electrons. The average molecular weight is 354 g/mol. The van der Waals surface area contributed by atoms with Crippen LogP contribution < -0.4 is 5.32 Å². The number of carboxylic acid groups (broad SMARTS) is 1. The van der Waals surface area contributed by atoms with Crippen molar-refractivity contribution in [3.8, 4) is 0 Å². The summed E-state index contributed by atoms with van der Waals surface area (Å²) in [6, 6.07) is 9.10. The number of aryl methyl sites for hydroxylation is 2. The number of aliphatic carboxylic acids is 1. The van der Waals surface area contributed by atoms with Crippen LogP contribution in [0.25, 0.3) is 0 Å². The second-order valence-electron chi connectivity index (χ2n) is 4.94. The van der Waals surface area contributed by atoms with E-state index >= 15 is 0 Å². The maximum atomic E-state index is 11.0. The quantitative estimate of drug-likeness (QED) is 0.707. The molecular weight excluding hydrogens is 333 g/mol. The van der Waals surface area contributed by atoms with Crippen LogP contribution in [0.4, 0.5) is 11.4 Å². The molecule has 0 atom stereocenters. The zero-order chi connectivity index (χ0) is 17.6. The van der Waals surface area contributed by atoms with Gasteiger partial charge in [0.15, 0.2) is 0 Å². The van der Waals surface area contributed by atoms with Crippen molar-refractivity contribution in [1.82, 2.24) is 0 Å². The second-order valence-corrected chi connectivity index (χ2v) is 5.78. The molecule has 0 heterocycles. The third-order valence-electron chi connectivity index (χ3n) is 3.11. The summed E-state index contributed by atoms with van der Waals surface area (Å²) in [5.41, 5.74) is 4.09. The molecule has 0 aliphatic heterocycles. The number of carbonyl (C=O) groups is 1. The smallest absolute Gasteiger partial charge is 0.307 e. The second kappa shape index (κ2) is 8.80. The fraction of sp³-hybridized carbons (Fsp3) is 0.278. The Morgan fingerprint density at radius 1 is 1.13 bits per heavy atom. The molecular formula is C18H21Cl2NO2. The molecule has 2 rings (SSSR count). The van der Waals surface area contributed by atoms with Gasteiger partial charge in [-0.1, -0.05) is 54.7 Å². The van der Waals surface area contributed by atoms with Crippen LogP contribution in [-0.4, -0.2) is 11.1 Å². The number of halogens is 2. The molecule has 0 spiro atoms. The molecule has 0 unspecified atom stereocenters. The molecule has 2 N–H and O–H groups in total. The lowest BCUT2D eigenvalue weighted by molar-refractivity contribution is -0.136. The van der Waals surface area contributed by atoms with Crippen LogP contribution in [0.15, 0.2) is 30.3 Å². The first-order valence-electron chi connectivity index (χ1n) is 7.41. The normalized spacial score (nSPS) is 9.83. The van der Waals surface area contributed by atoms with Gasteiger partial charge >= 0.3 is 5.97 Å². The largest absolute Gasteiger partial charge is 0.481 e. The molecule has 2 aromatic rings. The van der Waals surface area contributed by atoms with Crippen LogP contribution in [0.3, 0.4) is 0 Å². The number of carboxylic acids is 1. The zero-order valence-electron chi connectivity index (χ0n) is 13.7. The van der Waals surface area contributed by atoms with Gasteiger partial charge in [0.2, 0.25) is 0 Å². The Bertz CT molecular complexity index is 676. The van der Waals surface area contributed by atoms with Crippen molar-refractivity contribution in [3.63, 3.8) is 0 Å². The predicted molar refractivity (Wildman–Crippen MR) is 98.3 cm³/mol. The average Bonchev–Trinajstić information content (AvgIpc) is 2.46. The maximum Gasteiger partial charge on any atom is 0.307 e. The van der Waals surface area contributed by atoms with Gasteiger partial charge in [0.05, 0.1) is 17.1 Å². The molecule has 0 saturated carbocycles. The van der Waals surface area contributed by atoms with E-state index in [0.29, 0.717) is 15.6 Å². The summed E-state index contributed by atoms with van der Waals surface area (Å²) in [7, 11) is 0. The summed E-state index contributed by atoms with van der Waals surface area (Å²) in [4.78, 5) is 11.0. The number of anilines is 2. The summed E-state index contributed by atoms with van der Waals surface area (Å²) in [6.07, 6.45) is -0.0474. The van der Waals surface area contributed by atoms with Gasteiger partial charge in [-0.25, -0.2) is 0 Å². The van der Waals surface area contributed by atoms with E-state index in [9.17, 15) is 4.79 Å². The van der Waals surface area contributed by atoms with Gasteiger partial charge in [-0.2, -0.15) is 0 Å². The Hall–Kier alpha value is -1.71. The van der Waals surface area contributed by atoms with Gasteiger partial charge in [-0.15, -0.1) is 0 Å². The SMILES string of the molecule is CC.Cc1ccc(Nc2c(C)cc(Cl)cc2Cl)c(CC(=O)O)c1. The Balaban J connectivity index is 0.00000127. The first kappa shape index (κ1) is 19.3. The number of benzene rings is 2. The summed E-state index contributed by atoms with van der Waals surface area (Å²) in [5.74, 6) is -0.873. The first-order valence-corrected chi connectivity index (χ1v) is 8.16. The molecule has 0 fully saturated rings. The van der Waals surface area contributed by atoms with Crippen LogP contribution in [0.2, 0.25) is 10.0 Å². The minimum absolute atomic E-state index is 0.0474. The van der Waals surface area contributed by atoms with Crippen molar-refractivity contribution < 1.29 is 9.90 Å². The van der Waals surface area contributed by atoms with Crippen LogP contribution >= 0.6 is 23.2 Å². The molecule has 124 valence electrons. The van der Waals surface area contributed by atoms with E-state index in [1.54, 1.807) is 12.1 Å². The number of hydrogen-bond donors (Lipinski definition) is 2. The highest BCUT2D eigenvalue weighted by atomic mass is 35.5.